The Labute approximate surface area is 129 Å². The maximum Gasteiger partial charge on any atom is 0.204 e. The number of allylic oxidation sites excluding steroid dienone is 3. The van der Waals surface area contributed by atoms with Crippen LogP contribution in [0, 0.1) is 17.2 Å². The zero-order chi connectivity index (χ0) is 15.7. The van der Waals surface area contributed by atoms with E-state index in [-0.39, 0.29) is 23.5 Å². The number of Topliss-reactive ketones (excluding diaryl/α,β-unsaturated/α-hetero) is 1. The summed E-state index contributed by atoms with van der Waals surface area (Å²) in [5.74, 6) is 0.549. The molecule has 0 saturated heterocycles. The van der Waals surface area contributed by atoms with Crippen LogP contribution in [0.4, 0.5) is 0 Å². The Morgan fingerprint density at radius 3 is 2.73 bits per heavy atom. The molecule has 1 heterocycles. The summed E-state index contributed by atoms with van der Waals surface area (Å²) in [6, 6.07) is 12.0. The zero-order valence-electron chi connectivity index (χ0n) is 12.5. The summed E-state index contributed by atoms with van der Waals surface area (Å²) in [4.78, 5) is 12.4. The third-order valence-corrected chi connectivity index (χ3v) is 4.47. The number of benzene rings is 1. The van der Waals surface area contributed by atoms with Crippen LogP contribution < -0.4 is 5.73 Å². The Hall–Kier alpha value is -2.54. The van der Waals surface area contributed by atoms with Gasteiger partial charge in [-0.25, -0.2) is 0 Å². The van der Waals surface area contributed by atoms with Crippen LogP contribution in [0.5, 0.6) is 0 Å². The second-order valence-electron chi connectivity index (χ2n) is 5.78. The molecule has 2 atom stereocenters. The molecule has 1 aromatic carbocycles. The maximum absolute atomic E-state index is 12.4. The normalized spacial score (nSPS) is 22.7. The predicted molar refractivity (Wildman–Crippen MR) is 82.1 cm³/mol. The van der Waals surface area contributed by atoms with Crippen molar-refractivity contribution in [3.8, 4) is 6.07 Å². The van der Waals surface area contributed by atoms with Crippen LogP contribution in [0.3, 0.4) is 0 Å². The molecule has 3 rings (SSSR count). The molecule has 0 unspecified atom stereocenters. The first-order valence-corrected chi connectivity index (χ1v) is 7.52. The van der Waals surface area contributed by atoms with E-state index < -0.39 is 0 Å². The first-order valence-electron chi connectivity index (χ1n) is 7.52. The molecule has 0 radical (unpaired) electrons. The molecule has 112 valence electrons. The first kappa shape index (κ1) is 14.4. The number of nitrogens with zero attached hydrogens (tertiary/aromatic N) is 1. The molecule has 4 heteroatoms. The van der Waals surface area contributed by atoms with Crippen LogP contribution in [0.15, 0.2) is 53.1 Å². The van der Waals surface area contributed by atoms with Gasteiger partial charge in [0.05, 0.1) is 5.57 Å². The number of ether oxygens (including phenoxy) is 1. The molecular formula is C18H18N2O2. The van der Waals surface area contributed by atoms with Crippen molar-refractivity contribution < 1.29 is 9.53 Å². The standard InChI is InChI=1S/C18H18N2O2/c1-11(12-6-3-2-4-7-12)16-13(10-19)18(20)22-15-9-5-8-14(21)17(15)16/h2-4,6-7,11,16H,5,8-9,20H2,1H3/t11-,16+/m0/s1. The van der Waals surface area contributed by atoms with Gasteiger partial charge in [0.25, 0.3) is 0 Å². The van der Waals surface area contributed by atoms with Gasteiger partial charge in [-0.2, -0.15) is 5.26 Å². The van der Waals surface area contributed by atoms with E-state index in [2.05, 4.69) is 6.07 Å². The fourth-order valence-electron chi connectivity index (χ4n) is 3.35. The molecule has 0 fully saturated rings. The minimum Gasteiger partial charge on any atom is -0.444 e. The van der Waals surface area contributed by atoms with Crippen molar-refractivity contribution in [2.75, 3.05) is 0 Å². The van der Waals surface area contributed by atoms with Gasteiger partial charge in [0.15, 0.2) is 5.78 Å². The monoisotopic (exact) mass is 294 g/mol. The number of carbonyl (C=O) groups excluding carboxylic acids is 1. The van der Waals surface area contributed by atoms with Gasteiger partial charge in [0.2, 0.25) is 5.88 Å². The topological polar surface area (TPSA) is 76.1 Å². The van der Waals surface area contributed by atoms with Crippen molar-refractivity contribution in [1.82, 2.24) is 0 Å². The third-order valence-electron chi connectivity index (χ3n) is 4.47. The lowest BCUT2D eigenvalue weighted by molar-refractivity contribution is -0.117. The molecule has 0 spiro atoms. The largest absolute Gasteiger partial charge is 0.444 e. The van der Waals surface area contributed by atoms with Gasteiger partial charge < -0.3 is 10.5 Å². The van der Waals surface area contributed by atoms with Gasteiger partial charge >= 0.3 is 0 Å². The Morgan fingerprint density at radius 2 is 2.05 bits per heavy atom. The number of nitrogens with two attached hydrogens (primary N) is 1. The van der Waals surface area contributed by atoms with Crippen molar-refractivity contribution >= 4 is 5.78 Å². The summed E-state index contributed by atoms with van der Waals surface area (Å²) in [6.45, 7) is 2.03. The molecule has 0 amide bonds. The van der Waals surface area contributed by atoms with Gasteiger partial charge in [0, 0.05) is 24.3 Å². The fourth-order valence-corrected chi connectivity index (χ4v) is 3.35. The van der Waals surface area contributed by atoms with Gasteiger partial charge in [-0.15, -0.1) is 0 Å². The Bertz CT molecular complexity index is 710. The molecule has 0 bridgehead atoms. The van der Waals surface area contributed by atoms with E-state index in [1.807, 2.05) is 37.3 Å². The molecule has 22 heavy (non-hydrogen) atoms. The number of carbonyl (C=O) groups is 1. The van der Waals surface area contributed by atoms with Crippen LogP contribution in [-0.2, 0) is 9.53 Å². The number of ketones is 1. The van der Waals surface area contributed by atoms with Crippen molar-refractivity contribution in [1.29, 1.82) is 5.26 Å². The highest BCUT2D eigenvalue weighted by atomic mass is 16.5. The van der Waals surface area contributed by atoms with Crippen LogP contribution in [0.2, 0.25) is 0 Å². The summed E-state index contributed by atoms with van der Waals surface area (Å²) >= 11 is 0. The number of hydrogen-bond acceptors (Lipinski definition) is 4. The Morgan fingerprint density at radius 1 is 1.32 bits per heavy atom. The lowest BCUT2D eigenvalue weighted by Crippen LogP contribution is -2.31. The highest BCUT2D eigenvalue weighted by Crippen LogP contribution is 2.44. The first-order chi connectivity index (χ1) is 10.6. The lowest BCUT2D eigenvalue weighted by atomic mass is 9.73. The fraction of sp³-hybridized carbons (Fsp3) is 0.333. The molecule has 1 aliphatic heterocycles. The third kappa shape index (κ3) is 2.29. The maximum atomic E-state index is 12.4. The Balaban J connectivity index is 2.11. The van der Waals surface area contributed by atoms with E-state index in [0.717, 1.165) is 12.0 Å². The van der Waals surface area contributed by atoms with E-state index in [4.69, 9.17) is 10.5 Å². The molecule has 2 N–H and O–H groups in total. The van der Waals surface area contributed by atoms with Crippen molar-refractivity contribution in [2.24, 2.45) is 11.7 Å². The van der Waals surface area contributed by atoms with E-state index in [0.29, 0.717) is 29.7 Å². The number of rotatable bonds is 2. The second-order valence-corrected chi connectivity index (χ2v) is 5.78. The summed E-state index contributed by atoms with van der Waals surface area (Å²) in [5, 5.41) is 9.50. The highest BCUT2D eigenvalue weighted by molar-refractivity contribution is 5.98. The molecule has 4 nitrogen and oxygen atoms in total. The number of nitriles is 1. The predicted octanol–water partition coefficient (Wildman–Crippen LogP) is 3.14. The summed E-state index contributed by atoms with van der Waals surface area (Å²) in [6.07, 6.45) is 2.00. The average molecular weight is 294 g/mol. The van der Waals surface area contributed by atoms with E-state index in [9.17, 15) is 10.1 Å². The molecule has 2 aliphatic rings. The Kier molecular flexibility index (Phi) is 3.72. The van der Waals surface area contributed by atoms with Gasteiger partial charge in [0.1, 0.15) is 11.8 Å². The minimum absolute atomic E-state index is 0.00894. The second kappa shape index (κ2) is 5.69. The van der Waals surface area contributed by atoms with Crippen LogP contribution in [0.1, 0.15) is 37.7 Å². The molecule has 0 aromatic heterocycles. The molecule has 1 aliphatic carbocycles. The van der Waals surface area contributed by atoms with E-state index in [1.165, 1.54) is 0 Å². The molecule has 1 aromatic rings. The van der Waals surface area contributed by atoms with Gasteiger partial charge in [-0.1, -0.05) is 37.3 Å². The summed E-state index contributed by atoms with van der Waals surface area (Å²) in [5.41, 5.74) is 8.03. The summed E-state index contributed by atoms with van der Waals surface area (Å²) in [7, 11) is 0. The SMILES string of the molecule is C[C@@H](c1ccccc1)[C@@H]1C(C#N)=C(N)OC2=C1C(=O)CCC2. The van der Waals surface area contributed by atoms with Gasteiger partial charge in [-0.3, -0.25) is 4.79 Å². The van der Waals surface area contributed by atoms with Gasteiger partial charge in [-0.05, 0) is 17.9 Å². The average Bonchev–Trinajstić information content (AvgIpc) is 2.54. The smallest absolute Gasteiger partial charge is 0.204 e. The zero-order valence-corrected chi connectivity index (χ0v) is 12.5. The van der Waals surface area contributed by atoms with Crippen LogP contribution >= 0.6 is 0 Å². The lowest BCUT2D eigenvalue weighted by Gasteiger charge is -2.34. The van der Waals surface area contributed by atoms with Crippen LogP contribution in [0.25, 0.3) is 0 Å². The van der Waals surface area contributed by atoms with E-state index >= 15 is 0 Å². The number of hydrogen-bond donors (Lipinski definition) is 1. The molecule has 0 saturated carbocycles. The van der Waals surface area contributed by atoms with Crippen molar-refractivity contribution in [2.45, 2.75) is 32.1 Å². The van der Waals surface area contributed by atoms with Crippen LogP contribution in [-0.4, -0.2) is 5.78 Å². The van der Waals surface area contributed by atoms with E-state index in [1.54, 1.807) is 0 Å². The molecular weight excluding hydrogens is 276 g/mol. The highest BCUT2D eigenvalue weighted by Gasteiger charge is 2.40. The van der Waals surface area contributed by atoms with Crippen molar-refractivity contribution in [3.63, 3.8) is 0 Å². The van der Waals surface area contributed by atoms with Crippen molar-refractivity contribution in [3.05, 3.63) is 58.7 Å². The summed E-state index contributed by atoms with van der Waals surface area (Å²) < 4.78 is 5.57. The minimum atomic E-state index is -0.316. The quantitative estimate of drug-likeness (QED) is 0.909.